The van der Waals surface area contributed by atoms with Crippen LogP contribution in [0.2, 0.25) is 0 Å². The van der Waals surface area contributed by atoms with E-state index in [1.165, 1.54) is 0 Å². The van der Waals surface area contributed by atoms with Crippen LogP contribution in [0.1, 0.15) is 70.6 Å². The van der Waals surface area contributed by atoms with E-state index < -0.39 is 24.4 Å². The van der Waals surface area contributed by atoms with Gasteiger partial charge in [0.15, 0.2) is 0 Å². The number of hydrogen-bond donors (Lipinski definition) is 0. The Kier molecular flexibility index (Phi) is 10.4. The summed E-state index contributed by atoms with van der Waals surface area (Å²) in [6.45, 7) is 2.14. The molecule has 1 fully saturated rings. The van der Waals surface area contributed by atoms with Crippen LogP contribution in [-0.2, 0) is 9.47 Å². The Morgan fingerprint density at radius 1 is 0.778 bits per heavy atom. The van der Waals surface area contributed by atoms with Gasteiger partial charge in [-0.15, -0.1) is 0 Å². The van der Waals surface area contributed by atoms with E-state index in [-0.39, 0.29) is 12.8 Å². The minimum absolute atomic E-state index is 0.210. The van der Waals surface area contributed by atoms with Gasteiger partial charge in [0.05, 0.1) is 6.10 Å². The van der Waals surface area contributed by atoms with Crippen molar-refractivity contribution in [3.05, 3.63) is 0 Å². The summed E-state index contributed by atoms with van der Waals surface area (Å²) < 4.78 is 98.5. The van der Waals surface area contributed by atoms with Crippen molar-refractivity contribution in [3.63, 3.8) is 0 Å². The Labute approximate surface area is 155 Å². The van der Waals surface area contributed by atoms with E-state index in [1.807, 2.05) is 0 Å². The van der Waals surface area contributed by atoms with Crippen molar-refractivity contribution >= 4 is 0 Å². The Morgan fingerprint density at radius 2 is 1.37 bits per heavy atom. The summed E-state index contributed by atoms with van der Waals surface area (Å²) >= 11 is 0. The fourth-order valence-corrected chi connectivity index (χ4v) is 2.99. The normalized spacial score (nSPS) is 19.0. The van der Waals surface area contributed by atoms with Gasteiger partial charge in [-0.05, 0) is 32.1 Å². The fraction of sp³-hybridized carbons (Fsp3) is 1.00. The third-order valence-corrected chi connectivity index (χ3v) is 4.70. The molecule has 0 bridgehead atoms. The van der Waals surface area contributed by atoms with Crippen LogP contribution in [0.15, 0.2) is 0 Å². The lowest BCUT2D eigenvalue weighted by Gasteiger charge is -2.28. The van der Waals surface area contributed by atoms with E-state index in [0.717, 1.165) is 51.6 Å². The van der Waals surface area contributed by atoms with Gasteiger partial charge in [-0.3, -0.25) is 0 Å². The summed E-state index contributed by atoms with van der Waals surface area (Å²) in [7, 11) is 0. The summed E-state index contributed by atoms with van der Waals surface area (Å²) in [6, 6.07) is 0. The van der Waals surface area contributed by atoms with Gasteiger partial charge in [0.2, 0.25) is 0 Å². The number of ether oxygens (including phenoxy) is 2. The highest BCUT2D eigenvalue weighted by molar-refractivity contribution is 4.90. The molecular formula is C18H29F7O2. The molecule has 1 aliphatic rings. The van der Waals surface area contributed by atoms with Crippen LogP contribution in [0, 0.1) is 0 Å². The standard InChI is InChI=1S/C18H29F7O2/c19-16(20,17(21,22)18(23,24)25)11-6-4-2-1-3-5-7-12-26-14-10-15-9-8-13-27-15/h15H,1-14H2. The summed E-state index contributed by atoms with van der Waals surface area (Å²) in [5, 5.41) is 0. The van der Waals surface area contributed by atoms with E-state index in [1.54, 1.807) is 0 Å². The van der Waals surface area contributed by atoms with Crippen molar-refractivity contribution < 1.29 is 40.2 Å². The molecule has 0 N–H and O–H groups in total. The molecule has 0 amide bonds. The van der Waals surface area contributed by atoms with Crippen LogP contribution in [0.4, 0.5) is 30.7 Å². The van der Waals surface area contributed by atoms with Crippen molar-refractivity contribution in [2.75, 3.05) is 19.8 Å². The molecule has 0 spiro atoms. The zero-order valence-corrected chi connectivity index (χ0v) is 15.4. The number of rotatable bonds is 14. The van der Waals surface area contributed by atoms with Gasteiger partial charge < -0.3 is 9.47 Å². The molecular weight excluding hydrogens is 381 g/mol. The molecule has 9 heteroatoms. The molecule has 0 radical (unpaired) electrons. The minimum atomic E-state index is -6.23. The topological polar surface area (TPSA) is 18.5 Å². The monoisotopic (exact) mass is 410 g/mol. The molecule has 1 rings (SSSR count). The summed E-state index contributed by atoms with van der Waals surface area (Å²) in [5.41, 5.74) is 0. The van der Waals surface area contributed by atoms with Gasteiger partial charge in [-0.1, -0.05) is 32.1 Å². The molecule has 0 saturated carbocycles. The molecule has 27 heavy (non-hydrogen) atoms. The van der Waals surface area contributed by atoms with Gasteiger partial charge in [-0.25, -0.2) is 0 Å². The van der Waals surface area contributed by atoms with Crippen LogP contribution >= 0.6 is 0 Å². The molecule has 0 aromatic carbocycles. The van der Waals surface area contributed by atoms with Crippen LogP contribution in [0.25, 0.3) is 0 Å². The maximum atomic E-state index is 13.1. The lowest BCUT2D eigenvalue weighted by Crippen LogP contribution is -2.51. The second-order valence-electron chi connectivity index (χ2n) is 7.04. The maximum absolute atomic E-state index is 13.1. The van der Waals surface area contributed by atoms with Gasteiger partial charge >= 0.3 is 18.0 Å². The molecule has 162 valence electrons. The summed E-state index contributed by atoms with van der Waals surface area (Å²) in [5.74, 6) is -11.0. The van der Waals surface area contributed by atoms with Crippen molar-refractivity contribution in [2.24, 2.45) is 0 Å². The van der Waals surface area contributed by atoms with E-state index >= 15 is 0 Å². The lowest BCUT2D eigenvalue weighted by molar-refractivity contribution is -0.355. The fourth-order valence-electron chi connectivity index (χ4n) is 2.99. The molecule has 0 aliphatic carbocycles. The molecule has 1 unspecified atom stereocenters. The maximum Gasteiger partial charge on any atom is 0.459 e. The first-order valence-electron chi connectivity index (χ1n) is 9.59. The summed E-state index contributed by atoms with van der Waals surface area (Å²) in [6.07, 6.45) is -0.534. The van der Waals surface area contributed by atoms with E-state index in [2.05, 4.69) is 0 Å². The molecule has 0 aromatic heterocycles. The Hall–Kier alpha value is -0.570. The number of alkyl halides is 7. The second kappa shape index (κ2) is 11.4. The second-order valence-corrected chi connectivity index (χ2v) is 7.04. The Balaban J connectivity index is 1.93. The van der Waals surface area contributed by atoms with E-state index in [4.69, 9.17) is 9.47 Å². The average Bonchev–Trinajstić information content (AvgIpc) is 3.08. The average molecular weight is 410 g/mol. The molecule has 1 saturated heterocycles. The van der Waals surface area contributed by atoms with Gasteiger partial charge in [0, 0.05) is 26.2 Å². The highest BCUT2D eigenvalue weighted by atomic mass is 19.4. The highest BCUT2D eigenvalue weighted by Crippen LogP contribution is 2.48. The SMILES string of the molecule is FC(F)(F)C(F)(F)C(F)(F)CCCCCCCCCOCCC1CCCO1. The van der Waals surface area contributed by atoms with Gasteiger partial charge in [0.25, 0.3) is 0 Å². The van der Waals surface area contributed by atoms with Crippen molar-refractivity contribution in [1.29, 1.82) is 0 Å². The minimum Gasteiger partial charge on any atom is -0.381 e. The van der Waals surface area contributed by atoms with Crippen molar-refractivity contribution in [2.45, 2.75) is 94.8 Å². The molecule has 2 nitrogen and oxygen atoms in total. The van der Waals surface area contributed by atoms with Crippen molar-refractivity contribution in [3.8, 4) is 0 Å². The first kappa shape index (κ1) is 24.5. The zero-order valence-electron chi connectivity index (χ0n) is 15.4. The Bertz CT molecular complexity index is 394. The molecule has 1 atom stereocenters. The number of unbranched alkanes of at least 4 members (excludes halogenated alkanes) is 6. The lowest BCUT2D eigenvalue weighted by atomic mass is 10.0. The largest absolute Gasteiger partial charge is 0.459 e. The first-order valence-corrected chi connectivity index (χ1v) is 9.59. The molecule has 0 aromatic rings. The third-order valence-electron chi connectivity index (χ3n) is 4.70. The Morgan fingerprint density at radius 3 is 1.93 bits per heavy atom. The van der Waals surface area contributed by atoms with Crippen LogP contribution < -0.4 is 0 Å². The zero-order chi connectivity index (χ0) is 20.4. The van der Waals surface area contributed by atoms with Crippen LogP contribution in [0.3, 0.4) is 0 Å². The van der Waals surface area contributed by atoms with Crippen molar-refractivity contribution in [1.82, 2.24) is 0 Å². The predicted octanol–water partition coefficient (Wildman–Crippen LogP) is 6.53. The van der Waals surface area contributed by atoms with Gasteiger partial charge in [0.1, 0.15) is 0 Å². The molecule has 1 heterocycles. The van der Waals surface area contributed by atoms with E-state index in [9.17, 15) is 30.7 Å². The van der Waals surface area contributed by atoms with Crippen LogP contribution in [0.5, 0.6) is 0 Å². The summed E-state index contributed by atoms with van der Waals surface area (Å²) in [4.78, 5) is 0. The smallest absolute Gasteiger partial charge is 0.381 e. The third kappa shape index (κ3) is 8.54. The predicted molar refractivity (Wildman–Crippen MR) is 87.3 cm³/mol. The first-order chi connectivity index (χ1) is 12.6. The van der Waals surface area contributed by atoms with Crippen LogP contribution in [-0.4, -0.2) is 43.9 Å². The quantitative estimate of drug-likeness (QED) is 0.240. The van der Waals surface area contributed by atoms with Gasteiger partial charge in [-0.2, -0.15) is 30.7 Å². The highest BCUT2D eigenvalue weighted by Gasteiger charge is 2.72. The number of hydrogen-bond acceptors (Lipinski definition) is 2. The molecule has 1 aliphatic heterocycles. The van der Waals surface area contributed by atoms with E-state index in [0.29, 0.717) is 25.7 Å². The number of halogens is 7.